The lowest BCUT2D eigenvalue weighted by Gasteiger charge is -2.35. The van der Waals surface area contributed by atoms with E-state index in [4.69, 9.17) is 4.74 Å². The van der Waals surface area contributed by atoms with E-state index in [0.717, 1.165) is 90.3 Å². The summed E-state index contributed by atoms with van der Waals surface area (Å²) in [5.74, 6) is 0.0677. The average molecular weight is 747 g/mol. The Labute approximate surface area is 327 Å². The van der Waals surface area contributed by atoms with Gasteiger partial charge in [-0.3, -0.25) is 19.4 Å². The molecule has 0 spiro atoms. The Morgan fingerprint density at radius 3 is 1.40 bits per heavy atom. The molecule has 0 atom stereocenters. The third-order valence-corrected chi connectivity index (χ3v) is 9.73. The van der Waals surface area contributed by atoms with Crippen LogP contribution in [0.4, 0.5) is 4.79 Å². The molecule has 10 nitrogen and oxygen atoms in total. The molecule has 4 aromatic carbocycles. The number of ether oxygens (including phenoxy) is 1. The lowest BCUT2D eigenvalue weighted by Crippen LogP contribution is -2.49. The van der Waals surface area contributed by atoms with Gasteiger partial charge in [0.2, 0.25) is 0 Å². The minimum absolute atomic E-state index is 0.000159. The highest BCUT2D eigenvalue weighted by atomic mass is 16.6. The Hall–Kier alpha value is -5.03. The van der Waals surface area contributed by atoms with Crippen LogP contribution in [0, 0.1) is 0 Å². The molecule has 1 N–H and O–H groups in total. The van der Waals surface area contributed by atoms with Crippen LogP contribution in [0.25, 0.3) is 22.3 Å². The maximum absolute atomic E-state index is 12.9. The molecule has 2 aliphatic rings. The fourth-order valence-electron chi connectivity index (χ4n) is 6.70. The number of rotatable bonds is 8. The van der Waals surface area contributed by atoms with Gasteiger partial charge in [-0.2, -0.15) is 0 Å². The largest absolute Gasteiger partial charge is 0.444 e. The Morgan fingerprint density at radius 1 is 0.582 bits per heavy atom. The van der Waals surface area contributed by atoms with Gasteiger partial charge in [0.1, 0.15) is 5.60 Å². The van der Waals surface area contributed by atoms with Gasteiger partial charge in [0, 0.05) is 105 Å². The first-order chi connectivity index (χ1) is 26.3. The van der Waals surface area contributed by atoms with E-state index >= 15 is 0 Å². The number of piperazine rings is 2. The predicted molar refractivity (Wildman–Crippen MR) is 221 cm³/mol. The number of amides is 3. The lowest BCUT2D eigenvalue weighted by atomic mass is 9.98. The van der Waals surface area contributed by atoms with Crippen molar-refractivity contribution in [3.8, 4) is 22.3 Å². The van der Waals surface area contributed by atoms with Gasteiger partial charge in [-0.25, -0.2) is 4.79 Å². The van der Waals surface area contributed by atoms with Gasteiger partial charge in [-0.05, 0) is 66.3 Å². The van der Waals surface area contributed by atoms with Crippen LogP contribution >= 0.6 is 0 Å². The number of hydrogen-bond donors (Lipinski definition) is 1. The Bertz CT molecular complexity index is 1880. The van der Waals surface area contributed by atoms with Crippen molar-refractivity contribution < 1.29 is 19.1 Å². The predicted octanol–water partition coefficient (Wildman–Crippen LogP) is 6.57. The van der Waals surface area contributed by atoms with E-state index < -0.39 is 5.60 Å². The highest BCUT2D eigenvalue weighted by Crippen LogP contribution is 2.26. The Balaban J connectivity index is 0.000000218. The van der Waals surface area contributed by atoms with E-state index in [-0.39, 0.29) is 17.9 Å². The van der Waals surface area contributed by atoms with Crippen LogP contribution in [0.15, 0.2) is 97.1 Å². The van der Waals surface area contributed by atoms with Gasteiger partial charge >= 0.3 is 6.09 Å². The second-order valence-corrected chi connectivity index (χ2v) is 15.6. The van der Waals surface area contributed by atoms with Crippen molar-refractivity contribution >= 4 is 17.9 Å². The number of nitrogens with one attached hydrogen (secondary N) is 1. The first kappa shape index (κ1) is 41.1. The summed E-state index contributed by atoms with van der Waals surface area (Å²) in [5, 5.41) is 3.37. The smallest absolute Gasteiger partial charge is 0.410 e. The van der Waals surface area contributed by atoms with Crippen molar-refractivity contribution in [3.63, 3.8) is 0 Å². The van der Waals surface area contributed by atoms with Gasteiger partial charge in [0.15, 0.2) is 0 Å². The summed E-state index contributed by atoms with van der Waals surface area (Å²) in [7, 11) is 7.18. The van der Waals surface area contributed by atoms with Crippen LogP contribution in [0.1, 0.15) is 52.6 Å². The first-order valence-electron chi connectivity index (χ1n) is 19.2. The summed E-state index contributed by atoms with van der Waals surface area (Å²) in [6.07, 6.45) is -0.261. The SMILES string of the molecule is CN(C)C(=O)c1cc(-c2ccccc2)ccc1CN1CCN(C(=O)OC(C)(C)C)CC1.CN(C)C(=O)c1cc(-c2ccccc2)ccc1CN1CCNCC1. The minimum atomic E-state index is -0.490. The van der Waals surface area contributed by atoms with Crippen molar-refractivity contribution in [2.75, 3.05) is 80.5 Å². The van der Waals surface area contributed by atoms with Crippen LogP contribution in [0.2, 0.25) is 0 Å². The molecule has 4 aromatic rings. The summed E-state index contributed by atoms with van der Waals surface area (Å²) in [6, 6.07) is 32.7. The van der Waals surface area contributed by atoms with Crippen molar-refractivity contribution in [1.82, 2.24) is 29.8 Å². The third kappa shape index (κ3) is 11.7. The standard InChI is InChI=1S/C25H33N3O3.C20H25N3O/c1-25(2,3)31-24(30)28-15-13-27(14-16-28)18-21-12-11-20(19-9-7-6-8-10-19)17-22(21)23(29)26(4)5;1-22(2)20(24)19-14-17(16-6-4-3-5-7-16)8-9-18(19)15-23-12-10-21-11-13-23/h6-12,17H,13-16,18H2,1-5H3;3-9,14,21H,10-13,15H2,1-2H3. The summed E-state index contributed by atoms with van der Waals surface area (Å²) >= 11 is 0. The molecule has 0 aliphatic carbocycles. The number of benzene rings is 4. The van der Waals surface area contributed by atoms with Crippen molar-refractivity contribution in [2.24, 2.45) is 0 Å². The summed E-state index contributed by atoms with van der Waals surface area (Å²) in [4.78, 5) is 47.6. The highest BCUT2D eigenvalue weighted by molar-refractivity contribution is 5.97. The summed E-state index contributed by atoms with van der Waals surface area (Å²) < 4.78 is 5.48. The topological polar surface area (TPSA) is 88.7 Å². The van der Waals surface area contributed by atoms with E-state index in [2.05, 4.69) is 63.6 Å². The molecule has 0 bridgehead atoms. The molecule has 292 valence electrons. The Morgan fingerprint density at radius 2 is 1.00 bits per heavy atom. The molecule has 6 rings (SSSR count). The molecular formula is C45H58N6O4. The van der Waals surface area contributed by atoms with E-state index in [1.54, 1.807) is 28.8 Å². The first-order valence-corrected chi connectivity index (χ1v) is 19.2. The molecule has 0 unspecified atom stereocenters. The molecule has 55 heavy (non-hydrogen) atoms. The van der Waals surface area contributed by atoms with E-state index in [1.165, 1.54) is 0 Å². The lowest BCUT2D eigenvalue weighted by molar-refractivity contribution is 0.0139. The van der Waals surface area contributed by atoms with E-state index in [1.807, 2.05) is 83.4 Å². The van der Waals surface area contributed by atoms with Gasteiger partial charge in [-0.1, -0.05) is 84.9 Å². The molecule has 10 heteroatoms. The molecule has 3 amide bonds. The molecule has 0 saturated carbocycles. The van der Waals surface area contributed by atoms with Gasteiger partial charge in [-0.15, -0.1) is 0 Å². The molecule has 0 aromatic heterocycles. The van der Waals surface area contributed by atoms with Crippen LogP contribution < -0.4 is 5.32 Å². The normalized spacial score (nSPS) is 15.1. The molecule has 0 radical (unpaired) electrons. The fourth-order valence-corrected chi connectivity index (χ4v) is 6.70. The van der Waals surface area contributed by atoms with Crippen LogP contribution in [-0.2, 0) is 17.8 Å². The zero-order chi connectivity index (χ0) is 39.5. The molecule has 2 fully saturated rings. The van der Waals surface area contributed by atoms with Gasteiger partial charge in [0.25, 0.3) is 11.8 Å². The number of carbonyl (C=O) groups excluding carboxylic acids is 3. The molecule has 2 saturated heterocycles. The Kier molecular flexibility index (Phi) is 14.2. The number of nitrogens with zero attached hydrogens (tertiary/aromatic N) is 5. The number of hydrogen-bond acceptors (Lipinski definition) is 7. The minimum Gasteiger partial charge on any atom is -0.444 e. The van der Waals surface area contributed by atoms with Crippen LogP contribution in [0.5, 0.6) is 0 Å². The summed E-state index contributed by atoms with van der Waals surface area (Å²) in [5.41, 5.74) is 7.50. The summed E-state index contributed by atoms with van der Waals surface area (Å²) in [6.45, 7) is 13.9. The fraction of sp³-hybridized carbons (Fsp3) is 0.400. The van der Waals surface area contributed by atoms with Crippen LogP contribution in [0.3, 0.4) is 0 Å². The third-order valence-electron chi connectivity index (χ3n) is 9.73. The monoisotopic (exact) mass is 746 g/mol. The van der Waals surface area contributed by atoms with Gasteiger partial charge in [0.05, 0.1) is 0 Å². The molecule has 2 heterocycles. The van der Waals surface area contributed by atoms with Gasteiger partial charge < -0.3 is 24.8 Å². The highest BCUT2D eigenvalue weighted by Gasteiger charge is 2.27. The second kappa shape index (κ2) is 19.0. The van der Waals surface area contributed by atoms with E-state index in [9.17, 15) is 14.4 Å². The van der Waals surface area contributed by atoms with Crippen molar-refractivity contribution in [2.45, 2.75) is 39.5 Å². The molecule has 2 aliphatic heterocycles. The van der Waals surface area contributed by atoms with Crippen molar-refractivity contribution in [1.29, 1.82) is 0 Å². The zero-order valence-electron chi connectivity index (χ0n) is 33.7. The quantitative estimate of drug-likeness (QED) is 0.218. The van der Waals surface area contributed by atoms with E-state index in [0.29, 0.717) is 19.6 Å². The van der Waals surface area contributed by atoms with Crippen molar-refractivity contribution in [3.05, 3.63) is 119 Å². The second-order valence-electron chi connectivity index (χ2n) is 15.6. The molecular weight excluding hydrogens is 689 g/mol. The maximum atomic E-state index is 12.9. The van der Waals surface area contributed by atoms with Crippen LogP contribution in [-0.4, -0.2) is 129 Å². The average Bonchev–Trinajstić information content (AvgIpc) is 3.18. The number of carbonyl (C=O) groups is 3. The zero-order valence-corrected chi connectivity index (χ0v) is 33.7. The maximum Gasteiger partial charge on any atom is 0.410 e.